The molecule has 2 aromatic rings. The van der Waals surface area contributed by atoms with Crippen molar-refractivity contribution in [1.82, 2.24) is 5.16 Å². The first kappa shape index (κ1) is 12.2. The molecular weight excluding hydrogens is 251 g/mol. The van der Waals surface area contributed by atoms with Gasteiger partial charge in [-0.05, 0) is 17.7 Å². The van der Waals surface area contributed by atoms with Crippen LogP contribution in [0.1, 0.15) is 16.1 Å². The minimum absolute atomic E-state index is 0.0859. The van der Waals surface area contributed by atoms with Crippen LogP contribution in [0.3, 0.4) is 0 Å². The van der Waals surface area contributed by atoms with E-state index in [1.54, 1.807) is 0 Å². The normalized spacial score (nSPS) is 10.6. The van der Waals surface area contributed by atoms with E-state index in [-0.39, 0.29) is 16.9 Å². The Hall–Kier alpha value is -2.31. The summed E-state index contributed by atoms with van der Waals surface area (Å²) in [7, 11) is 0. The van der Waals surface area contributed by atoms with Crippen LogP contribution >= 0.6 is 0 Å². The predicted molar refractivity (Wildman–Crippen MR) is 53.6 cm³/mol. The Labute approximate surface area is 98.6 Å². The first-order chi connectivity index (χ1) is 8.52. The standard InChI is InChI=1S/C11H6F3NO3/c12-4-5-1-6(10(14)7(13)2-5)9-3-8(11(16)17)15-18-9/h1-3H,4H2,(H,16,17). The van der Waals surface area contributed by atoms with Gasteiger partial charge in [-0.25, -0.2) is 18.0 Å². The number of aromatic carboxylic acids is 1. The molecule has 2 rings (SSSR count). The third kappa shape index (κ3) is 2.06. The third-order valence-corrected chi connectivity index (χ3v) is 2.24. The van der Waals surface area contributed by atoms with Crippen molar-refractivity contribution in [1.29, 1.82) is 0 Å². The van der Waals surface area contributed by atoms with Crippen molar-refractivity contribution in [3.05, 3.63) is 41.1 Å². The van der Waals surface area contributed by atoms with Crippen molar-refractivity contribution in [3.8, 4) is 11.3 Å². The Kier molecular flexibility index (Phi) is 3.05. The van der Waals surface area contributed by atoms with Crippen molar-refractivity contribution in [3.63, 3.8) is 0 Å². The number of aromatic nitrogens is 1. The van der Waals surface area contributed by atoms with Gasteiger partial charge < -0.3 is 9.63 Å². The van der Waals surface area contributed by atoms with Crippen LogP contribution in [0.4, 0.5) is 13.2 Å². The van der Waals surface area contributed by atoms with Crippen LogP contribution in [0.5, 0.6) is 0 Å². The zero-order valence-electron chi connectivity index (χ0n) is 8.78. The van der Waals surface area contributed by atoms with Crippen molar-refractivity contribution in [2.45, 2.75) is 6.67 Å². The third-order valence-electron chi connectivity index (χ3n) is 2.24. The summed E-state index contributed by atoms with van der Waals surface area (Å²) in [5.74, 6) is -4.14. The average Bonchev–Trinajstić information content (AvgIpc) is 2.82. The van der Waals surface area contributed by atoms with Crippen LogP contribution in [-0.2, 0) is 6.67 Å². The van der Waals surface area contributed by atoms with Gasteiger partial charge in [0.25, 0.3) is 0 Å². The van der Waals surface area contributed by atoms with Gasteiger partial charge in [0.05, 0.1) is 5.56 Å². The van der Waals surface area contributed by atoms with Crippen LogP contribution in [0.2, 0.25) is 0 Å². The maximum Gasteiger partial charge on any atom is 0.358 e. The molecule has 94 valence electrons. The largest absolute Gasteiger partial charge is 0.476 e. The maximum absolute atomic E-state index is 13.5. The van der Waals surface area contributed by atoms with E-state index in [1.165, 1.54) is 0 Å². The van der Waals surface area contributed by atoms with Gasteiger partial charge >= 0.3 is 5.97 Å². The highest BCUT2D eigenvalue weighted by atomic mass is 19.2. The Bertz CT molecular complexity index is 610. The van der Waals surface area contributed by atoms with E-state index < -0.39 is 30.0 Å². The van der Waals surface area contributed by atoms with Crippen LogP contribution in [0.15, 0.2) is 22.7 Å². The Balaban J connectivity index is 2.55. The van der Waals surface area contributed by atoms with Crippen molar-refractivity contribution >= 4 is 5.97 Å². The van der Waals surface area contributed by atoms with Gasteiger partial charge in [0.2, 0.25) is 0 Å². The average molecular weight is 257 g/mol. The van der Waals surface area contributed by atoms with Crippen LogP contribution in [0, 0.1) is 11.6 Å². The first-order valence-electron chi connectivity index (χ1n) is 4.77. The number of hydrogen-bond acceptors (Lipinski definition) is 3. The zero-order chi connectivity index (χ0) is 13.3. The Morgan fingerprint density at radius 2 is 2.06 bits per heavy atom. The first-order valence-corrected chi connectivity index (χ1v) is 4.77. The van der Waals surface area contributed by atoms with Crippen molar-refractivity contribution in [2.24, 2.45) is 0 Å². The summed E-state index contributed by atoms with van der Waals surface area (Å²) in [6.07, 6.45) is 0. The van der Waals surface area contributed by atoms with Crippen molar-refractivity contribution in [2.75, 3.05) is 0 Å². The number of alkyl halides is 1. The molecule has 0 saturated carbocycles. The molecule has 0 aliphatic heterocycles. The van der Waals surface area contributed by atoms with E-state index in [2.05, 4.69) is 9.68 Å². The van der Waals surface area contributed by atoms with Gasteiger partial charge in [-0.1, -0.05) is 5.16 Å². The molecular formula is C11H6F3NO3. The molecule has 18 heavy (non-hydrogen) atoms. The highest BCUT2D eigenvalue weighted by Gasteiger charge is 2.18. The number of carboxylic acids is 1. The van der Waals surface area contributed by atoms with Gasteiger partial charge in [-0.15, -0.1) is 0 Å². The van der Waals surface area contributed by atoms with Crippen LogP contribution in [-0.4, -0.2) is 16.2 Å². The molecule has 0 atom stereocenters. The zero-order valence-corrected chi connectivity index (χ0v) is 8.78. The van der Waals surface area contributed by atoms with Gasteiger partial charge in [-0.2, -0.15) is 0 Å². The lowest BCUT2D eigenvalue weighted by Crippen LogP contribution is -1.95. The summed E-state index contributed by atoms with van der Waals surface area (Å²) < 4.78 is 43.7. The molecule has 0 radical (unpaired) electrons. The van der Waals surface area contributed by atoms with Crippen molar-refractivity contribution < 1.29 is 27.6 Å². The van der Waals surface area contributed by atoms with E-state index in [9.17, 15) is 18.0 Å². The van der Waals surface area contributed by atoms with Gasteiger partial charge in [-0.3, -0.25) is 0 Å². The molecule has 4 nitrogen and oxygen atoms in total. The lowest BCUT2D eigenvalue weighted by Gasteiger charge is -2.02. The summed E-state index contributed by atoms with van der Waals surface area (Å²) in [5.41, 5.74) is -0.907. The molecule has 1 aromatic heterocycles. The van der Waals surface area contributed by atoms with Gasteiger partial charge in [0.1, 0.15) is 6.67 Å². The molecule has 0 aliphatic carbocycles. The maximum atomic E-state index is 13.5. The SMILES string of the molecule is O=C(O)c1cc(-c2cc(CF)cc(F)c2F)on1. The second kappa shape index (κ2) is 4.52. The fraction of sp³-hybridized carbons (Fsp3) is 0.0909. The fourth-order valence-electron chi connectivity index (χ4n) is 1.40. The quantitative estimate of drug-likeness (QED) is 0.918. The number of benzene rings is 1. The minimum Gasteiger partial charge on any atom is -0.476 e. The monoisotopic (exact) mass is 257 g/mol. The molecule has 0 spiro atoms. The summed E-state index contributed by atoms with van der Waals surface area (Å²) in [6, 6.07) is 2.68. The van der Waals surface area contributed by atoms with E-state index in [0.29, 0.717) is 6.07 Å². The molecule has 0 fully saturated rings. The molecule has 0 saturated heterocycles. The Morgan fingerprint density at radius 3 is 2.61 bits per heavy atom. The molecule has 1 N–H and O–H groups in total. The topological polar surface area (TPSA) is 63.3 Å². The fourth-order valence-corrected chi connectivity index (χ4v) is 1.40. The smallest absolute Gasteiger partial charge is 0.358 e. The van der Waals surface area contributed by atoms with E-state index in [0.717, 1.165) is 12.1 Å². The molecule has 0 amide bonds. The van der Waals surface area contributed by atoms with E-state index in [4.69, 9.17) is 5.11 Å². The lowest BCUT2D eigenvalue weighted by atomic mass is 10.1. The number of halogens is 3. The van der Waals surface area contributed by atoms with Gasteiger partial charge in [0.15, 0.2) is 23.1 Å². The minimum atomic E-state index is -1.37. The number of rotatable bonds is 3. The molecule has 0 bridgehead atoms. The summed E-state index contributed by atoms with van der Waals surface area (Å²) in [4.78, 5) is 10.6. The van der Waals surface area contributed by atoms with Gasteiger partial charge in [0, 0.05) is 6.07 Å². The summed E-state index contributed by atoms with van der Waals surface area (Å²) >= 11 is 0. The second-order valence-electron chi connectivity index (χ2n) is 3.45. The molecule has 1 heterocycles. The predicted octanol–water partition coefficient (Wildman–Crippen LogP) is 2.79. The molecule has 7 heteroatoms. The summed E-state index contributed by atoms with van der Waals surface area (Å²) in [5, 5.41) is 11.8. The number of carboxylic acid groups (broad SMARTS) is 1. The number of hydrogen-bond donors (Lipinski definition) is 1. The van der Waals surface area contributed by atoms with Crippen LogP contribution in [0.25, 0.3) is 11.3 Å². The lowest BCUT2D eigenvalue weighted by molar-refractivity contribution is 0.0686. The molecule has 0 aliphatic rings. The molecule has 1 aromatic carbocycles. The second-order valence-corrected chi connectivity index (χ2v) is 3.45. The van der Waals surface area contributed by atoms with Crippen LogP contribution < -0.4 is 0 Å². The van der Waals surface area contributed by atoms with E-state index >= 15 is 0 Å². The highest BCUT2D eigenvalue weighted by molar-refractivity contribution is 5.86. The highest BCUT2D eigenvalue weighted by Crippen LogP contribution is 2.27. The molecule has 0 unspecified atom stereocenters. The number of carbonyl (C=O) groups is 1. The summed E-state index contributed by atoms with van der Waals surface area (Å²) in [6.45, 7) is -0.982. The Morgan fingerprint density at radius 1 is 1.33 bits per heavy atom. The number of nitrogens with zero attached hydrogens (tertiary/aromatic N) is 1. The van der Waals surface area contributed by atoms with E-state index in [1.807, 2.05) is 0 Å².